The van der Waals surface area contributed by atoms with Crippen LogP contribution in [-0.2, 0) is 7.05 Å². The Labute approximate surface area is 112 Å². The van der Waals surface area contributed by atoms with Gasteiger partial charge in [0.25, 0.3) is 0 Å². The molecule has 0 atom stereocenters. The van der Waals surface area contributed by atoms with E-state index in [1.807, 2.05) is 31.6 Å². The van der Waals surface area contributed by atoms with Crippen LogP contribution in [0.4, 0.5) is 5.69 Å². The maximum atomic E-state index is 7.14. The lowest BCUT2D eigenvalue weighted by atomic mass is 10.2. The zero-order chi connectivity index (χ0) is 13.4. The normalized spacial score (nSPS) is 10.6. The van der Waals surface area contributed by atoms with Crippen molar-refractivity contribution in [3.63, 3.8) is 0 Å². The Morgan fingerprint density at radius 2 is 2.00 bits per heavy atom. The van der Waals surface area contributed by atoms with E-state index >= 15 is 0 Å². The van der Waals surface area contributed by atoms with Crippen LogP contribution in [-0.4, -0.2) is 4.57 Å². The summed E-state index contributed by atoms with van der Waals surface area (Å²) in [6.45, 7) is 9.23. The van der Waals surface area contributed by atoms with Gasteiger partial charge >= 0.3 is 0 Å². The highest BCUT2D eigenvalue weighted by atomic mass is 15.1. The summed E-state index contributed by atoms with van der Waals surface area (Å²) < 4.78 is 4.20. The molecule has 0 aliphatic rings. The van der Waals surface area contributed by atoms with Crippen molar-refractivity contribution < 1.29 is 4.57 Å². The quantitative estimate of drug-likeness (QED) is 0.463. The van der Waals surface area contributed by atoms with Crippen molar-refractivity contribution >= 4 is 16.7 Å². The van der Waals surface area contributed by atoms with Crippen molar-refractivity contribution in [1.29, 1.82) is 0 Å². The van der Waals surface area contributed by atoms with Crippen LogP contribution in [0.3, 0.4) is 0 Å². The molecule has 0 bridgehead atoms. The van der Waals surface area contributed by atoms with E-state index in [0.717, 1.165) is 16.7 Å². The topological polar surface area (TPSA) is 13.2 Å². The number of hydrogen-bond acceptors (Lipinski definition) is 0. The number of fused-ring (bicyclic) bond motifs is 1. The lowest BCUT2D eigenvalue weighted by Gasteiger charge is -1.98. The molecule has 0 aliphatic carbocycles. The Kier molecular flexibility index (Phi) is 2.57. The van der Waals surface area contributed by atoms with Gasteiger partial charge in [0.05, 0.1) is 13.6 Å². The van der Waals surface area contributed by atoms with Gasteiger partial charge in [-0.25, -0.2) is 9.41 Å². The van der Waals surface area contributed by atoms with Crippen LogP contribution in [0.5, 0.6) is 0 Å². The third-order valence-corrected chi connectivity index (χ3v) is 3.30. The minimum Gasteiger partial charge on any atom is -0.238 e. The van der Waals surface area contributed by atoms with E-state index in [2.05, 4.69) is 45.2 Å². The highest BCUT2D eigenvalue weighted by Gasteiger charge is 2.15. The molecule has 0 saturated heterocycles. The highest BCUT2D eigenvalue weighted by molar-refractivity contribution is 5.78. The van der Waals surface area contributed by atoms with Crippen LogP contribution in [0.1, 0.15) is 5.56 Å². The molecule has 3 nitrogen and oxygen atoms in total. The van der Waals surface area contributed by atoms with Gasteiger partial charge in [-0.2, -0.15) is 4.57 Å². The second-order valence-corrected chi connectivity index (χ2v) is 4.72. The Bertz CT molecular complexity index is 806. The standard InChI is InChI=1S/C16H14N3/c1-12-5-4-6-14(9-12)19-11-18(3)15-8-7-13(17-2)10-16(15)19/h4-11H,1,3H3/q+1. The molecule has 2 aromatic carbocycles. The summed E-state index contributed by atoms with van der Waals surface area (Å²) in [5, 5.41) is 0. The van der Waals surface area contributed by atoms with E-state index < -0.39 is 0 Å². The minimum absolute atomic E-state index is 0.667. The number of rotatable bonds is 1. The van der Waals surface area contributed by atoms with Crippen LogP contribution in [0.2, 0.25) is 0 Å². The van der Waals surface area contributed by atoms with Crippen LogP contribution in [0.25, 0.3) is 21.6 Å². The van der Waals surface area contributed by atoms with Crippen molar-refractivity contribution in [3.8, 4) is 5.69 Å². The van der Waals surface area contributed by atoms with Crippen LogP contribution < -0.4 is 4.57 Å². The third kappa shape index (κ3) is 1.88. The lowest BCUT2D eigenvalue weighted by molar-refractivity contribution is -0.645. The zero-order valence-electron chi connectivity index (χ0n) is 11.0. The van der Waals surface area contributed by atoms with E-state index in [1.54, 1.807) is 0 Å². The fourth-order valence-electron chi connectivity index (χ4n) is 2.35. The molecule has 19 heavy (non-hydrogen) atoms. The average molecular weight is 248 g/mol. The highest BCUT2D eigenvalue weighted by Crippen LogP contribution is 2.22. The molecule has 0 N–H and O–H groups in total. The molecule has 1 heterocycles. The molecule has 3 aromatic rings. The van der Waals surface area contributed by atoms with Gasteiger partial charge in [0.15, 0.2) is 16.7 Å². The van der Waals surface area contributed by atoms with Crippen molar-refractivity contribution in [3.05, 3.63) is 65.8 Å². The maximum absolute atomic E-state index is 7.14. The molecule has 0 aliphatic heterocycles. The molecular formula is C16H14N3+. The van der Waals surface area contributed by atoms with Crippen LogP contribution in [0, 0.1) is 13.5 Å². The number of nitrogens with zero attached hydrogens (tertiary/aromatic N) is 3. The third-order valence-electron chi connectivity index (χ3n) is 3.30. The van der Waals surface area contributed by atoms with E-state index in [0.29, 0.717) is 5.69 Å². The van der Waals surface area contributed by atoms with E-state index in [1.165, 1.54) is 5.56 Å². The fraction of sp³-hybridized carbons (Fsp3) is 0.125. The first kappa shape index (κ1) is 11.5. The summed E-state index contributed by atoms with van der Waals surface area (Å²) in [5.41, 5.74) is 5.19. The van der Waals surface area contributed by atoms with Gasteiger partial charge in [-0.3, -0.25) is 0 Å². The molecule has 0 saturated carbocycles. The number of hydrogen-bond donors (Lipinski definition) is 0. The van der Waals surface area contributed by atoms with E-state index in [4.69, 9.17) is 6.57 Å². The van der Waals surface area contributed by atoms with Gasteiger partial charge < -0.3 is 0 Å². The molecule has 0 spiro atoms. The molecule has 0 fully saturated rings. The lowest BCUT2D eigenvalue weighted by Crippen LogP contribution is -2.25. The summed E-state index contributed by atoms with van der Waals surface area (Å²) in [6, 6.07) is 14.1. The average Bonchev–Trinajstić information content (AvgIpc) is 2.75. The number of aryl methyl sites for hydroxylation is 2. The molecule has 1 aromatic heterocycles. The van der Waals surface area contributed by atoms with E-state index in [-0.39, 0.29) is 0 Å². The number of aromatic nitrogens is 2. The molecule has 3 heteroatoms. The van der Waals surface area contributed by atoms with Crippen LogP contribution in [0.15, 0.2) is 48.8 Å². The molecule has 3 rings (SSSR count). The van der Waals surface area contributed by atoms with E-state index in [9.17, 15) is 0 Å². The summed E-state index contributed by atoms with van der Waals surface area (Å²) >= 11 is 0. The summed E-state index contributed by atoms with van der Waals surface area (Å²) in [6.07, 6.45) is 2.05. The SMILES string of the molecule is [C-]#[N+]c1ccc2c(c1)n(-c1cccc(C)c1)c[n+]2C. The molecule has 0 amide bonds. The molecule has 92 valence electrons. The largest absolute Gasteiger partial charge is 0.249 e. The summed E-state index contributed by atoms with van der Waals surface area (Å²) in [7, 11) is 2.02. The second-order valence-electron chi connectivity index (χ2n) is 4.72. The maximum Gasteiger partial charge on any atom is 0.249 e. The minimum atomic E-state index is 0.667. The Morgan fingerprint density at radius 3 is 2.74 bits per heavy atom. The fourth-order valence-corrected chi connectivity index (χ4v) is 2.35. The van der Waals surface area contributed by atoms with Gasteiger partial charge in [0.2, 0.25) is 6.33 Å². The Hall–Kier alpha value is -2.60. The first-order valence-corrected chi connectivity index (χ1v) is 6.14. The van der Waals surface area contributed by atoms with Crippen LogP contribution >= 0.6 is 0 Å². The van der Waals surface area contributed by atoms with Crippen molar-refractivity contribution in [2.45, 2.75) is 6.92 Å². The summed E-state index contributed by atoms with van der Waals surface area (Å²) in [5.74, 6) is 0. The van der Waals surface area contributed by atoms with Gasteiger partial charge in [0, 0.05) is 0 Å². The van der Waals surface area contributed by atoms with Crippen molar-refractivity contribution in [2.75, 3.05) is 0 Å². The monoisotopic (exact) mass is 248 g/mol. The summed E-state index contributed by atoms with van der Waals surface area (Å²) in [4.78, 5) is 3.51. The molecule has 0 radical (unpaired) electrons. The Balaban J connectivity index is 2.32. The first-order chi connectivity index (χ1) is 9.19. The predicted octanol–water partition coefficient (Wildman–Crippen LogP) is 3.31. The Morgan fingerprint density at radius 1 is 1.16 bits per heavy atom. The van der Waals surface area contributed by atoms with Gasteiger partial charge in [0.1, 0.15) is 5.69 Å². The van der Waals surface area contributed by atoms with Gasteiger partial charge in [-0.05, 0) is 36.8 Å². The number of benzene rings is 2. The van der Waals surface area contributed by atoms with Gasteiger partial charge in [-0.1, -0.05) is 18.2 Å². The van der Waals surface area contributed by atoms with Gasteiger partial charge in [-0.15, -0.1) is 0 Å². The van der Waals surface area contributed by atoms with Crippen molar-refractivity contribution in [2.24, 2.45) is 7.05 Å². The first-order valence-electron chi connectivity index (χ1n) is 6.14. The molecular weight excluding hydrogens is 234 g/mol. The number of imidazole rings is 1. The second kappa shape index (κ2) is 4.25. The molecule has 0 unspecified atom stereocenters. The van der Waals surface area contributed by atoms with Crippen molar-refractivity contribution in [1.82, 2.24) is 4.57 Å². The predicted molar refractivity (Wildman–Crippen MR) is 75.5 cm³/mol. The smallest absolute Gasteiger partial charge is 0.238 e. The zero-order valence-corrected chi connectivity index (χ0v) is 11.0.